The molecule has 0 aliphatic heterocycles. The van der Waals surface area contributed by atoms with Crippen molar-refractivity contribution in [3.8, 4) is 0 Å². The van der Waals surface area contributed by atoms with Gasteiger partial charge in [-0.3, -0.25) is 0 Å². The van der Waals surface area contributed by atoms with E-state index in [2.05, 4.69) is 10.3 Å². The number of aromatic nitrogens is 2. The molecule has 0 saturated heterocycles. The molecule has 0 aliphatic rings. The van der Waals surface area contributed by atoms with Crippen molar-refractivity contribution in [2.75, 3.05) is 0 Å². The van der Waals surface area contributed by atoms with E-state index in [4.69, 9.17) is 0 Å². The SMILES string of the molecule is CC(NCc1nccn1C)C(C)(C)O. The molecule has 1 rings (SSSR count). The molecule has 0 amide bonds. The van der Waals surface area contributed by atoms with Crippen molar-refractivity contribution in [1.82, 2.24) is 14.9 Å². The van der Waals surface area contributed by atoms with Crippen LogP contribution in [0.4, 0.5) is 0 Å². The Morgan fingerprint density at radius 1 is 1.64 bits per heavy atom. The Morgan fingerprint density at radius 2 is 2.29 bits per heavy atom. The normalized spacial score (nSPS) is 14.4. The highest BCUT2D eigenvalue weighted by atomic mass is 16.3. The topological polar surface area (TPSA) is 50.1 Å². The van der Waals surface area contributed by atoms with Crippen LogP contribution in [0.3, 0.4) is 0 Å². The molecule has 0 aliphatic carbocycles. The quantitative estimate of drug-likeness (QED) is 0.746. The average Bonchev–Trinajstić information content (AvgIpc) is 2.45. The Kier molecular flexibility index (Phi) is 3.29. The van der Waals surface area contributed by atoms with E-state index in [-0.39, 0.29) is 6.04 Å². The molecule has 0 spiro atoms. The number of nitrogens with one attached hydrogen (secondary N) is 1. The number of imidazole rings is 1. The third kappa shape index (κ3) is 2.82. The zero-order valence-corrected chi connectivity index (χ0v) is 9.28. The van der Waals surface area contributed by atoms with Crippen LogP contribution in [0.15, 0.2) is 12.4 Å². The van der Waals surface area contributed by atoms with Gasteiger partial charge in [-0.15, -0.1) is 0 Å². The summed E-state index contributed by atoms with van der Waals surface area (Å²) in [6.07, 6.45) is 3.68. The third-order valence-corrected chi connectivity index (χ3v) is 2.55. The van der Waals surface area contributed by atoms with Gasteiger partial charge in [-0.05, 0) is 20.8 Å². The summed E-state index contributed by atoms with van der Waals surface area (Å²) >= 11 is 0. The van der Waals surface area contributed by atoms with E-state index in [1.807, 2.05) is 24.7 Å². The van der Waals surface area contributed by atoms with Gasteiger partial charge in [0.25, 0.3) is 0 Å². The van der Waals surface area contributed by atoms with Crippen LogP contribution in [0, 0.1) is 0 Å². The average molecular weight is 197 g/mol. The van der Waals surface area contributed by atoms with Crippen LogP contribution in [-0.2, 0) is 13.6 Å². The van der Waals surface area contributed by atoms with Crippen LogP contribution in [0.25, 0.3) is 0 Å². The minimum Gasteiger partial charge on any atom is -0.389 e. The Hall–Kier alpha value is -0.870. The third-order valence-electron chi connectivity index (χ3n) is 2.55. The summed E-state index contributed by atoms with van der Waals surface area (Å²) in [4.78, 5) is 4.19. The van der Waals surface area contributed by atoms with Gasteiger partial charge in [-0.2, -0.15) is 0 Å². The highest BCUT2D eigenvalue weighted by Crippen LogP contribution is 2.08. The molecule has 1 atom stereocenters. The first-order chi connectivity index (χ1) is 6.41. The second kappa shape index (κ2) is 4.11. The first kappa shape index (κ1) is 11.2. The van der Waals surface area contributed by atoms with Gasteiger partial charge in [0.05, 0.1) is 12.1 Å². The predicted molar refractivity (Wildman–Crippen MR) is 55.8 cm³/mol. The van der Waals surface area contributed by atoms with Crippen molar-refractivity contribution in [2.45, 2.75) is 39.0 Å². The van der Waals surface area contributed by atoms with Crippen molar-refractivity contribution < 1.29 is 5.11 Å². The summed E-state index contributed by atoms with van der Waals surface area (Å²) in [5, 5.41) is 12.9. The van der Waals surface area contributed by atoms with Gasteiger partial charge in [0.1, 0.15) is 5.82 Å². The molecule has 1 aromatic heterocycles. The van der Waals surface area contributed by atoms with Gasteiger partial charge in [-0.25, -0.2) is 4.98 Å². The fourth-order valence-electron chi connectivity index (χ4n) is 1.06. The molecular weight excluding hydrogens is 178 g/mol. The summed E-state index contributed by atoms with van der Waals surface area (Å²) in [5.41, 5.74) is -0.703. The fourth-order valence-corrected chi connectivity index (χ4v) is 1.06. The van der Waals surface area contributed by atoms with E-state index in [1.54, 1.807) is 20.0 Å². The Morgan fingerprint density at radius 3 is 2.71 bits per heavy atom. The van der Waals surface area contributed by atoms with Crippen molar-refractivity contribution in [3.63, 3.8) is 0 Å². The number of rotatable bonds is 4. The number of aryl methyl sites for hydroxylation is 1. The van der Waals surface area contributed by atoms with Gasteiger partial charge in [0.2, 0.25) is 0 Å². The standard InChI is InChI=1S/C10H19N3O/c1-8(10(2,3)14)12-7-9-11-5-6-13(9)4/h5-6,8,12,14H,7H2,1-4H3. The van der Waals surface area contributed by atoms with Crippen LogP contribution >= 0.6 is 0 Å². The molecule has 1 unspecified atom stereocenters. The molecule has 0 aromatic carbocycles. The lowest BCUT2D eigenvalue weighted by Crippen LogP contribution is -2.44. The molecule has 0 bridgehead atoms. The summed E-state index contributed by atoms with van der Waals surface area (Å²) in [5.74, 6) is 0.973. The maximum absolute atomic E-state index is 9.69. The molecule has 0 fully saturated rings. The van der Waals surface area contributed by atoms with Crippen LogP contribution in [0.5, 0.6) is 0 Å². The smallest absolute Gasteiger partial charge is 0.122 e. The maximum Gasteiger partial charge on any atom is 0.122 e. The molecule has 4 heteroatoms. The summed E-state index contributed by atoms with van der Waals surface area (Å²) < 4.78 is 1.96. The van der Waals surface area contributed by atoms with E-state index in [0.29, 0.717) is 6.54 Å². The van der Waals surface area contributed by atoms with Crippen LogP contribution in [-0.4, -0.2) is 26.3 Å². The van der Waals surface area contributed by atoms with Gasteiger partial charge < -0.3 is 15.0 Å². The molecule has 14 heavy (non-hydrogen) atoms. The van der Waals surface area contributed by atoms with Crippen molar-refractivity contribution in [1.29, 1.82) is 0 Å². The van der Waals surface area contributed by atoms with E-state index < -0.39 is 5.60 Å². The van der Waals surface area contributed by atoms with Gasteiger partial charge in [-0.1, -0.05) is 0 Å². The highest BCUT2D eigenvalue weighted by Gasteiger charge is 2.21. The molecular formula is C10H19N3O. The minimum absolute atomic E-state index is 0.0409. The van der Waals surface area contributed by atoms with Crippen molar-refractivity contribution in [2.24, 2.45) is 7.05 Å². The lowest BCUT2D eigenvalue weighted by molar-refractivity contribution is 0.0434. The lowest BCUT2D eigenvalue weighted by atomic mass is 10.0. The monoisotopic (exact) mass is 197 g/mol. The van der Waals surface area contributed by atoms with Gasteiger partial charge in [0.15, 0.2) is 0 Å². The van der Waals surface area contributed by atoms with Crippen LogP contribution in [0.2, 0.25) is 0 Å². The molecule has 4 nitrogen and oxygen atoms in total. The first-order valence-electron chi connectivity index (χ1n) is 4.83. The maximum atomic E-state index is 9.69. The van der Waals surface area contributed by atoms with Crippen molar-refractivity contribution in [3.05, 3.63) is 18.2 Å². The zero-order valence-electron chi connectivity index (χ0n) is 9.28. The van der Waals surface area contributed by atoms with Gasteiger partial charge in [0, 0.05) is 25.5 Å². The molecule has 80 valence electrons. The Bertz CT molecular complexity index is 288. The first-order valence-corrected chi connectivity index (χ1v) is 4.83. The zero-order chi connectivity index (χ0) is 10.8. The molecule has 1 aromatic rings. The van der Waals surface area contributed by atoms with Crippen molar-refractivity contribution >= 4 is 0 Å². The molecule has 2 N–H and O–H groups in total. The van der Waals surface area contributed by atoms with E-state index >= 15 is 0 Å². The Balaban J connectivity index is 2.46. The second-order valence-electron chi connectivity index (χ2n) is 4.21. The van der Waals surface area contributed by atoms with E-state index in [0.717, 1.165) is 5.82 Å². The molecule has 0 saturated carbocycles. The van der Waals surface area contributed by atoms with E-state index in [1.165, 1.54) is 0 Å². The minimum atomic E-state index is -0.703. The van der Waals surface area contributed by atoms with Crippen LogP contribution < -0.4 is 5.32 Å². The van der Waals surface area contributed by atoms with Gasteiger partial charge >= 0.3 is 0 Å². The Labute approximate surface area is 85.0 Å². The molecule has 0 radical (unpaired) electrons. The summed E-state index contributed by atoms with van der Waals surface area (Å²) in [7, 11) is 1.96. The summed E-state index contributed by atoms with van der Waals surface area (Å²) in [6.45, 7) is 6.23. The summed E-state index contributed by atoms with van der Waals surface area (Å²) in [6, 6.07) is 0.0409. The predicted octanol–water partition coefficient (Wildman–Crippen LogP) is 0.669. The molecule has 1 heterocycles. The van der Waals surface area contributed by atoms with Crippen LogP contribution in [0.1, 0.15) is 26.6 Å². The number of hydrogen-bond acceptors (Lipinski definition) is 3. The number of hydrogen-bond donors (Lipinski definition) is 2. The second-order valence-corrected chi connectivity index (χ2v) is 4.21. The van der Waals surface area contributed by atoms with E-state index in [9.17, 15) is 5.11 Å². The lowest BCUT2D eigenvalue weighted by Gasteiger charge is -2.26. The highest BCUT2D eigenvalue weighted by molar-refractivity contribution is 4.92. The number of aliphatic hydroxyl groups is 1. The largest absolute Gasteiger partial charge is 0.389 e. The number of nitrogens with zero attached hydrogens (tertiary/aromatic N) is 2. The fraction of sp³-hybridized carbons (Fsp3) is 0.700.